The summed E-state index contributed by atoms with van der Waals surface area (Å²) in [5, 5.41) is 11.0. The molecule has 2 N–H and O–H groups in total. The number of nitrogens with one attached hydrogen (secondary N) is 1. The summed E-state index contributed by atoms with van der Waals surface area (Å²) in [6, 6.07) is 4.85. The molecule has 7 heteroatoms. The van der Waals surface area contributed by atoms with Crippen LogP contribution in [0.2, 0.25) is 0 Å². The van der Waals surface area contributed by atoms with Gasteiger partial charge in [0.15, 0.2) is 0 Å². The predicted octanol–water partition coefficient (Wildman–Crippen LogP) is 1.09. The second-order valence-corrected chi connectivity index (χ2v) is 4.16. The number of methoxy groups -OCH3 is 1. The van der Waals surface area contributed by atoms with E-state index < -0.39 is 12.6 Å². The van der Waals surface area contributed by atoms with Gasteiger partial charge in [-0.25, -0.2) is 4.79 Å². The van der Waals surface area contributed by atoms with E-state index in [-0.39, 0.29) is 25.7 Å². The highest BCUT2D eigenvalue weighted by atomic mass is 16.5. The van der Waals surface area contributed by atoms with Gasteiger partial charge in [-0.1, -0.05) is 12.7 Å². The van der Waals surface area contributed by atoms with Crippen molar-refractivity contribution in [1.29, 1.82) is 0 Å². The molecule has 0 saturated carbocycles. The second-order valence-electron chi connectivity index (χ2n) is 4.16. The van der Waals surface area contributed by atoms with E-state index in [9.17, 15) is 9.59 Å². The highest BCUT2D eigenvalue weighted by molar-refractivity contribution is 5.97. The van der Waals surface area contributed by atoms with Crippen LogP contribution in [0.5, 0.6) is 11.5 Å². The van der Waals surface area contributed by atoms with Crippen molar-refractivity contribution in [2.24, 2.45) is 0 Å². The zero-order valence-electron chi connectivity index (χ0n) is 12.3. The molecule has 1 aromatic carbocycles. The summed E-state index contributed by atoms with van der Waals surface area (Å²) in [6.45, 7) is 3.72. The van der Waals surface area contributed by atoms with Crippen LogP contribution < -0.4 is 14.8 Å². The van der Waals surface area contributed by atoms with Gasteiger partial charge in [-0.15, -0.1) is 0 Å². The molecule has 0 fully saturated rings. The Labute approximate surface area is 128 Å². The normalized spacial score (nSPS) is 9.86. The van der Waals surface area contributed by atoms with Gasteiger partial charge < -0.3 is 24.6 Å². The van der Waals surface area contributed by atoms with Crippen LogP contribution in [0.25, 0.3) is 0 Å². The Morgan fingerprint density at radius 2 is 2.18 bits per heavy atom. The quantitative estimate of drug-likeness (QED) is 0.496. The van der Waals surface area contributed by atoms with Gasteiger partial charge in [0, 0.05) is 12.6 Å². The summed E-state index contributed by atoms with van der Waals surface area (Å²) in [7, 11) is 1.52. The van der Waals surface area contributed by atoms with E-state index in [1.54, 1.807) is 24.3 Å². The summed E-state index contributed by atoms with van der Waals surface area (Å²) >= 11 is 0. The first-order valence-electron chi connectivity index (χ1n) is 6.58. The van der Waals surface area contributed by atoms with Crippen molar-refractivity contribution in [1.82, 2.24) is 5.32 Å². The van der Waals surface area contributed by atoms with E-state index in [0.717, 1.165) is 0 Å². The Kier molecular flexibility index (Phi) is 7.49. The van der Waals surface area contributed by atoms with Crippen LogP contribution in [-0.2, 0) is 9.53 Å². The molecular formula is C15H19NO6. The summed E-state index contributed by atoms with van der Waals surface area (Å²) in [5.74, 6) is -0.453. The van der Waals surface area contributed by atoms with Crippen LogP contribution in [0, 0.1) is 0 Å². The predicted molar refractivity (Wildman–Crippen MR) is 79.5 cm³/mol. The minimum atomic E-state index is -1.05. The SMILES string of the molecule is C=CCOc1cc(OC)ccc1C(=O)NCCOCC(=O)O. The molecule has 0 saturated heterocycles. The van der Waals surface area contributed by atoms with Gasteiger partial charge in [0.05, 0.1) is 19.3 Å². The molecule has 22 heavy (non-hydrogen) atoms. The van der Waals surface area contributed by atoms with Crippen LogP contribution in [0.1, 0.15) is 10.4 Å². The summed E-state index contributed by atoms with van der Waals surface area (Å²) in [5.41, 5.74) is 0.348. The zero-order valence-corrected chi connectivity index (χ0v) is 12.3. The molecule has 120 valence electrons. The first-order chi connectivity index (χ1) is 10.6. The third-order valence-electron chi connectivity index (χ3n) is 2.55. The van der Waals surface area contributed by atoms with Crippen LogP contribution in [-0.4, -0.2) is 50.5 Å². The number of aliphatic carboxylic acids is 1. The van der Waals surface area contributed by atoms with Crippen LogP contribution in [0.4, 0.5) is 0 Å². The molecule has 0 spiro atoms. The summed E-state index contributed by atoms with van der Waals surface area (Å²) in [4.78, 5) is 22.4. The monoisotopic (exact) mass is 309 g/mol. The Hall–Kier alpha value is -2.54. The molecule has 1 rings (SSSR count). The number of hydrogen-bond donors (Lipinski definition) is 2. The van der Waals surface area contributed by atoms with E-state index in [1.165, 1.54) is 7.11 Å². The van der Waals surface area contributed by atoms with Crippen molar-refractivity contribution in [2.75, 3.05) is 33.5 Å². The number of carbonyl (C=O) groups excluding carboxylic acids is 1. The number of amides is 1. The van der Waals surface area contributed by atoms with Gasteiger partial charge >= 0.3 is 5.97 Å². The lowest BCUT2D eigenvalue weighted by Crippen LogP contribution is -2.28. The number of hydrogen-bond acceptors (Lipinski definition) is 5. The molecule has 1 amide bonds. The first kappa shape index (κ1) is 17.5. The first-order valence-corrected chi connectivity index (χ1v) is 6.58. The molecule has 0 atom stereocenters. The van der Waals surface area contributed by atoms with E-state index >= 15 is 0 Å². The van der Waals surface area contributed by atoms with Gasteiger partial charge in [0.1, 0.15) is 24.7 Å². The maximum atomic E-state index is 12.1. The molecule has 0 aliphatic carbocycles. The van der Waals surface area contributed by atoms with Gasteiger partial charge in [-0.3, -0.25) is 4.79 Å². The standard InChI is InChI=1S/C15H19NO6/c1-3-7-22-13-9-11(20-2)4-5-12(13)15(19)16-6-8-21-10-14(17)18/h3-5,9H,1,6-8,10H2,2H3,(H,16,19)(H,17,18). The van der Waals surface area contributed by atoms with E-state index in [0.29, 0.717) is 17.1 Å². The third-order valence-corrected chi connectivity index (χ3v) is 2.55. The number of carbonyl (C=O) groups is 2. The Bertz CT molecular complexity index is 529. The molecule has 0 aliphatic heterocycles. The van der Waals surface area contributed by atoms with Crippen LogP contribution >= 0.6 is 0 Å². The fourth-order valence-corrected chi connectivity index (χ4v) is 1.58. The fourth-order valence-electron chi connectivity index (χ4n) is 1.58. The van der Waals surface area contributed by atoms with Crippen LogP contribution in [0.15, 0.2) is 30.9 Å². The zero-order chi connectivity index (χ0) is 16.4. The number of carboxylic acids is 1. The minimum absolute atomic E-state index is 0.108. The van der Waals surface area contributed by atoms with Crippen molar-refractivity contribution in [3.8, 4) is 11.5 Å². The van der Waals surface area contributed by atoms with Crippen molar-refractivity contribution in [3.63, 3.8) is 0 Å². The second kappa shape index (κ2) is 9.41. The smallest absolute Gasteiger partial charge is 0.329 e. The highest BCUT2D eigenvalue weighted by Gasteiger charge is 2.13. The molecule has 0 unspecified atom stereocenters. The number of benzene rings is 1. The number of rotatable bonds is 10. The van der Waals surface area contributed by atoms with E-state index in [1.807, 2.05) is 0 Å². The molecular weight excluding hydrogens is 290 g/mol. The Morgan fingerprint density at radius 3 is 2.82 bits per heavy atom. The largest absolute Gasteiger partial charge is 0.497 e. The molecule has 0 heterocycles. The van der Waals surface area contributed by atoms with Gasteiger partial charge in [-0.2, -0.15) is 0 Å². The maximum Gasteiger partial charge on any atom is 0.329 e. The van der Waals surface area contributed by atoms with Gasteiger partial charge in [0.2, 0.25) is 0 Å². The lowest BCUT2D eigenvalue weighted by Gasteiger charge is -2.12. The summed E-state index contributed by atoms with van der Waals surface area (Å²) in [6.07, 6.45) is 1.57. The highest BCUT2D eigenvalue weighted by Crippen LogP contribution is 2.24. The van der Waals surface area contributed by atoms with Crippen LogP contribution in [0.3, 0.4) is 0 Å². The molecule has 0 aromatic heterocycles. The summed E-state index contributed by atoms with van der Waals surface area (Å²) < 4.78 is 15.4. The van der Waals surface area contributed by atoms with E-state index in [2.05, 4.69) is 11.9 Å². The Balaban J connectivity index is 2.62. The molecule has 0 bridgehead atoms. The third kappa shape index (κ3) is 5.84. The van der Waals surface area contributed by atoms with Crippen molar-refractivity contribution >= 4 is 11.9 Å². The minimum Gasteiger partial charge on any atom is -0.497 e. The van der Waals surface area contributed by atoms with Gasteiger partial charge in [-0.05, 0) is 12.1 Å². The average Bonchev–Trinajstić information content (AvgIpc) is 2.51. The van der Waals surface area contributed by atoms with E-state index in [4.69, 9.17) is 19.3 Å². The molecule has 0 radical (unpaired) electrons. The molecule has 7 nitrogen and oxygen atoms in total. The lowest BCUT2D eigenvalue weighted by atomic mass is 10.1. The number of carboxylic acid groups (broad SMARTS) is 1. The number of ether oxygens (including phenoxy) is 3. The van der Waals surface area contributed by atoms with Crippen molar-refractivity contribution in [3.05, 3.63) is 36.4 Å². The van der Waals surface area contributed by atoms with Crippen molar-refractivity contribution in [2.45, 2.75) is 0 Å². The Morgan fingerprint density at radius 1 is 1.41 bits per heavy atom. The van der Waals surface area contributed by atoms with Crippen molar-refractivity contribution < 1.29 is 28.9 Å². The van der Waals surface area contributed by atoms with Gasteiger partial charge in [0.25, 0.3) is 5.91 Å². The topological polar surface area (TPSA) is 94.1 Å². The average molecular weight is 309 g/mol. The maximum absolute atomic E-state index is 12.1. The molecule has 1 aromatic rings. The molecule has 0 aliphatic rings. The fraction of sp³-hybridized carbons (Fsp3) is 0.333. The lowest BCUT2D eigenvalue weighted by molar-refractivity contribution is -0.142.